The SMILES string of the molecule is CC(C(=O)N1CCN(c2ccccc2)c2cc(F)ccc21)N1CCN(C)CC1. The van der Waals surface area contributed by atoms with E-state index in [-0.39, 0.29) is 17.8 Å². The van der Waals surface area contributed by atoms with Crippen LogP contribution in [0.5, 0.6) is 0 Å². The van der Waals surface area contributed by atoms with E-state index in [0.717, 1.165) is 43.2 Å². The molecular weight excluding hydrogens is 355 g/mol. The summed E-state index contributed by atoms with van der Waals surface area (Å²) in [6.45, 7) is 6.95. The predicted octanol–water partition coefficient (Wildman–Crippen LogP) is 2.95. The van der Waals surface area contributed by atoms with Gasteiger partial charge in [-0.05, 0) is 44.3 Å². The molecule has 2 aliphatic rings. The third-order valence-corrected chi connectivity index (χ3v) is 5.84. The number of halogens is 1. The van der Waals surface area contributed by atoms with Crippen molar-refractivity contribution in [3.05, 3.63) is 54.3 Å². The normalized spacial score (nSPS) is 19.4. The minimum atomic E-state index is -0.291. The molecule has 4 rings (SSSR count). The molecule has 0 saturated carbocycles. The molecule has 1 unspecified atom stereocenters. The van der Waals surface area contributed by atoms with Gasteiger partial charge in [0, 0.05) is 45.0 Å². The maximum atomic E-state index is 14.1. The Kier molecular flexibility index (Phi) is 5.33. The second kappa shape index (κ2) is 7.89. The Morgan fingerprint density at radius 3 is 2.36 bits per heavy atom. The lowest BCUT2D eigenvalue weighted by Gasteiger charge is -2.41. The minimum Gasteiger partial charge on any atom is -0.338 e. The molecule has 0 aromatic heterocycles. The van der Waals surface area contributed by atoms with Crippen LogP contribution in [0.2, 0.25) is 0 Å². The highest BCUT2D eigenvalue weighted by Gasteiger charge is 2.33. The lowest BCUT2D eigenvalue weighted by Crippen LogP contribution is -2.55. The van der Waals surface area contributed by atoms with Gasteiger partial charge in [-0.3, -0.25) is 9.69 Å². The van der Waals surface area contributed by atoms with Crippen molar-refractivity contribution >= 4 is 23.0 Å². The first-order chi connectivity index (χ1) is 13.5. The number of hydrogen-bond donors (Lipinski definition) is 0. The summed E-state index contributed by atoms with van der Waals surface area (Å²) in [4.78, 5) is 21.8. The highest BCUT2D eigenvalue weighted by Crippen LogP contribution is 2.38. The minimum absolute atomic E-state index is 0.0881. The summed E-state index contributed by atoms with van der Waals surface area (Å²) in [6, 6.07) is 14.5. The monoisotopic (exact) mass is 382 g/mol. The number of para-hydroxylation sites is 1. The second-order valence-electron chi connectivity index (χ2n) is 7.63. The van der Waals surface area contributed by atoms with Crippen LogP contribution in [0.4, 0.5) is 21.5 Å². The number of carbonyl (C=O) groups excluding carboxylic acids is 1. The van der Waals surface area contributed by atoms with Crippen LogP contribution in [-0.2, 0) is 4.79 Å². The third-order valence-electron chi connectivity index (χ3n) is 5.84. The zero-order valence-electron chi connectivity index (χ0n) is 16.5. The number of amides is 1. The van der Waals surface area contributed by atoms with Crippen LogP contribution < -0.4 is 9.80 Å². The molecule has 2 aromatic carbocycles. The van der Waals surface area contributed by atoms with Gasteiger partial charge in [-0.25, -0.2) is 4.39 Å². The molecule has 6 heteroatoms. The largest absolute Gasteiger partial charge is 0.338 e. The lowest BCUT2D eigenvalue weighted by molar-refractivity contribution is -0.123. The van der Waals surface area contributed by atoms with Gasteiger partial charge in [-0.2, -0.15) is 0 Å². The molecule has 1 fully saturated rings. The number of hydrogen-bond acceptors (Lipinski definition) is 4. The zero-order chi connectivity index (χ0) is 19.7. The van der Waals surface area contributed by atoms with Crippen LogP contribution in [0.3, 0.4) is 0 Å². The molecule has 1 amide bonds. The van der Waals surface area contributed by atoms with E-state index in [1.165, 1.54) is 12.1 Å². The van der Waals surface area contributed by atoms with Crippen LogP contribution >= 0.6 is 0 Å². The van der Waals surface area contributed by atoms with Crippen molar-refractivity contribution in [1.82, 2.24) is 9.80 Å². The number of fused-ring (bicyclic) bond motifs is 1. The summed E-state index contributed by atoms with van der Waals surface area (Å²) >= 11 is 0. The van der Waals surface area contributed by atoms with Gasteiger partial charge in [0.15, 0.2) is 0 Å². The zero-order valence-corrected chi connectivity index (χ0v) is 16.5. The van der Waals surface area contributed by atoms with E-state index in [2.05, 4.69) is 21.7 Å². The molecule has 2 heterocycles. The van der Waals surface area contributed by atoms with Gasteiger partial charge < -0.3 is 14.7 Å². The van der Waals surface area contributed by atoms with Gasteiger partial charge in [0.1, 0.15) is 5.82 Å². The van der Waals surface area contributed by atoms with E-state index in [4.69, 9.17) is 0 Å². The van der Waals surface area contributed by atoms with E-state index in [0.29, 0.717) is 13.1 Å². The molecule has 2 aromatic rings. The van der Waals surface area contributed by atoms with Gasteiger partial charge in [0.2, 0.25) is 5.91 Å². The van der Waals surface area contributed by atoms with E-state index in [9.17, 15) is 9.18 Å². The molecule has 0 spiro atoms. The van der Waals surface area contributed by atoms with Crippen molar-refractivity contribution in [3.63, 3.8) is 0 Å². The first kappa shape index (κ1) is 18.9. The van der Waals surface area contributed by atoms with Crippen molar-refractivity contribution in [2.45, 2.75) is 13.0 Å². The average molecular weight is 382 g/mol. The Hall–Kier alpha value is -2.44. The highest BCUT2D eigenvalue weighted by molar-refractivity contribution is 6.01. The van der Waals surface area contributed by atoms with Crippen LogP contribution in [0, 0.1) is 5.82 Å². The first-order valence-electron chi connectivity index (χ1n) is 9.91. The summed E-state index contributed by atoms with van der Waals surface area (Å²) in [5.41, 5.74) is 2.53. The van der Waals surface area contributed by atoms with E-state index in [1.54, 1.807) is 6.07 Å². The average Bonchev–Trinajstić information content (AvgIpc) is 2.73. The Labute approximate surface area is 165 Å². The van der Waals surface area contributed by atoms with Crippen molar-refractivity contribution in [2.75, 3.05) is 56.1 Å². The van der Waals surface area contributed by atoms with Crippen LogP contribution in [-0.4, -0.2) is 68.1 Å². The Balaban J connectivity index is 1.61. The first-order valence-corrected chi connectivity index (χ1v) is 9.91. The number of benzene rings is 2. The van der Waals surface area contributed by atoms with Crippen molar-refractivity contribution in [2.24, 2.45) is 0 Å². The van der Waals surface area contributed by atoms with Crippen molar-refractivity contribution in [3.8, 4) is 0 Å². The molecule has 0 N–H and O–H groups in total. The van der Waals surface area contributed by atoms with Gasteiger partial charge in [0.25, 0.3) is 0 Å². The molecular formula is C22H27FN4O. The Morgan fingerprint density at radius 2 is 1.64 bits per heavy atom. The quantitative estimate of drug-likeness (QED) is 0.817. The summed E-state index contributed by atoms with van der Waals surface area (Å²) in [7, 11) is 2.11. The Morgan fingerprint density at radius 1 is 0.929 bits per heavy atom. The van der Waals surface area contributed by atoms with E-state index in [1.807, 2.05) is 42.2 Å². The molecule has 0 aliphatic carbocycles. The molecule has 2 aliphatic heterocycles. The van der Waals surface area contributed by atoms with Crippen LogP contribution in [0.25, 0.3) is 0 Å². The summed E-state index contributed by atoms with van der Waals surface area (Å²) < 4.78 is 14.1. The fourth-order valence-electron chi connectivity index (χ4n) is 4.08. The molecule has 5 nitrogen and oxygen atoms in total. The summed E-state index contributed by atoms with van der Waals surface area (Å²) in [5, 5.41) is 0. The summed E-state index contributed by atoms with van der Waals surface area (Å²) in [6.07, 6.45) is 0. The van der Waals surface area contributed by atoms with Crippen LogP contribution in [0.1, 0.15) is 6.92 Å². The Bertz CT molecular complexity index is 836. The van der Waals surface area contributed by atoms with Crippen molar-refractivity contribution < 1.29 is 9.18 Å². The van der Waals surface area contributed by atoms with Gasteiger partial charge in [-0.1, -0.05) is 18.2 Å². The van der Waals surface area contributed by atoms with E-state index >= 15 is 0 Å². The van der Waals surface area contributed by atoms with Gasteiger partial charge >= 0.3 is 0 Å². The number of rotatable bonds is 3. The number of likely N-dealkylation sites (N-methyl/N-ethyl adjacent to an activating group) is 1. The fourth-order valence-corrected chi connectivity index (χ4v) is 4.08. The molecule has 1 saturated heterocycles. The van der Waals surface area contributed by atoms with E-state index < -0.39 is 0 Å². The summed E-state index contributed by atoms with van der Waals surface area (Å²) in [5.74, 6) is -0.203. The number of carbonyl (C=O) groups is 1. The topological polar surface area (TPSA) is 30.0 Å². The highest BCUT2D eigenvalue weighted by atomic mass is 19.1. The molecule has 28 heavy (non-hydrogen) atoms. The third kappa shape index (κ3) is 3.62. The maximum absolute atomic E-state index is 14.1. The van der Waals surface area contributed by atoms with Crippen LogP contribution in [0.15, 0.2) is 48.5 Å². The lowest BCUT2D eigenvalue weighted by atomic mass is 10.1. The second-order valence-corrected chi connectivity index (χ2v) is 7.63. The molecule has 0 radical (unpaired) electrons. The van der Waals surface area contributed by atoms with Gasteiger partial charge in [-0.15, -0.1) is 0 Å². The molecule has 148 valence electrons. The number of piperazine rings is 1. The standard InChI is InChI=1S/C22H27FN4O/c1-17(25-12-10-24(2)11-13-25)22(28)27-15-14-26(19-6-4-3-5-7-19)21-16-18(23)8-9-20(21)27/h3-9,16-17H,10-15H2,1-2H3. The smallest absolute Gasteiger partial charge is 0.244 e. The number of nitrogens with zero attached hydrogens (tertiary/aromatic N) is 4. The maximum Gasteiger partial charge on any atom is 0.244 e. The number of anilines is 3. The van der Waals surface area contributed by atoms with Crippen molar-refractivity contribution in [1.29, 1.82) is 0 Å². The molecule has 0 bridgehead atoms. The fraction of sp³-hybridized carbons (Fsp3) is 0.409. The predicted molar refractivity (Wildman–Crippen MR) is 111 cm³/mol. The van der Waals surface area contributed by atoms with Gasteiger partial charge in [0.05, 0.1) is 17.4 Å². The molecule has 1 atom stereocenters.